The van der Waals surface area contributed by atoms with E-state index in [-0.39, 0.29) is 24.5 Å². The highest BCUT2D eigenvalue weighted by Crippen LogP contribution is 2.09. The van der Waals surface area contributed by atoms with Crippen molar-refractivity contribution in [2.75, 3.05) is 13.7 Å². The van der Waals surface area contributed by atoms with Crippen LogP contribution < -0.4 is 10.6 Å². The van der Waals surface area contributed by atoms with E-state index >= 15 is 0 Å². The predicted octanol–water partition coefficient (Wildman–Crippen LogP) is 2.48. The van der Waals surface area contributed by atoms with Gasteiger partial charge in [0.05, 0.1) is 6.61 Å². The Morgan fingerprint density at radius 1 is 1.12 bits per heavy atom. The molecule has 1 rings (SSSR count). The number of hydrogen-bond acceptors (Lipinski definition) is 4. The summed E-state index contributed by atoms with van der Waals surface area (Å²) in [6.07, 6.45) is 0.161. The molecule has 0 aliphatic carbocycles. The van der Waals surface area contributed by atoms with Crippen molar-refractivity contribution in [3.8, 4) is 0 Å². The first-order chi connectivity index (χ1) is 11.5. The fourth-order valence-corrected chi connectivity index (χ4v) is 2.22. The molecule has 134 valence electrons. The molecule has 3 atom stereocenters. The molecule has 0 radical (unpaired) electrons. The van der Waals surface area contributed by atoms with Crippen LogP contribution in [0.25, 0.3) is 0 Å². The highest BCUT2D eigenvalue weighted by atomic mass is 16.5. The van der Waals surface area contributed by atoms with E-state index in [4.69, 9.17) is 9.47 Å². The molecule has 6 nitrogen and oxygen atoms in total. The summed E-state index contributed by atoms with van der Waals surface area (Å²) in [7, 11) is 1.58. The maximum Gasteiger partial charge on any atom is 0.408 e. The van der Waals surface area contributed by atoms with Gasteiger partial charge in [0.2, 0.25) is 5.91 Å². The summed E-state index contributed by atoms with van der Waals surface area (Å²) in [6, 6.07) is 8.63. The smallest absolute Gasteiger partial charge is 0.408 e. The number of carbonyl (C=O) groups excluding carboxylic acids is 2. The van der Waals surface area contributed by atoms with E-state index in [2.05, 4.69) is 10.6 Å². The summed E-state index contributed by atoms with van der Waals surface area (Å²) in [5, 5.41) is 5.51. The standard InChI is InChI=1S/C18H28N2O4/c1-5-13(2)16(17(21)19-14(3)11-23-4)20-18(22)24-12-15-9-7-6-8-10-15/h6-10,13-14,16H,5,11-12H2,1-4H3,(H,19,21)(H,20,22)/t13-,14-,16+/m0/s1. The average Bonchev–Trinajstić information content (AvgIpc) is 2.58. The molecule has 0 fully saturated rings. The quantitative estimate of drug-likeness (QED) is 0.726. The van der Waals surface area contributed by atoms with Gasteiger partial charge in [0.25, 0.3) is 0 Å². The molecule has 24 heavy (non-hydrogen) atoms. The van der Waals surface area contributed by atoms with Gasteiger partial charge in [-0.25, -0.2) is 4.79 Å². The van der Waals surface area contributed by atoms with E-state index < -0.39 is 12.1 Å². The first kappa shape index (κ1) is 20.0. The second-order valence-electron chi connectivity index (χ2n) is 5.93. The molecule has 0 heterocycles. The van der Waals surface area contributed by atoms with Crippen LogP contribution in [0, 0.1) is 5.92 Å². The predicted molar refractivity (Wildman–Crippen MR) is 92.5 cm³/mol. The number of rotatable bonds is 9. The van der Waals surface area contributed by atoms with Gasteiger partial charge in [0, 0.05) is 13.2 Å². The SMILES string of the molecule is CC[C@H](C)[C@@H](NC(=O)OCc1ccccc1)C(=O)N[C@@H](C)COC. The highest BCUT2D eigenvalue weighted by Gasteiger charge is 2.27. The third-order valence-electron chi connectivity index (χ3n) is 3.79. The molecule has 2 N–H and O–H groups in total. The Morgan fingerprint density at radius 3 is 2.38 bits per heavy atom. The number of alkyl carbamates (subject to hydrolysis) is 1. The maximum absolute atomic E-state index is 12.4. The number of benzene rings is 1. The molecular formula is C18H28N2O4. The number of methoxy groups -OCH3 is 1. The van der Waals surface area contributed by atoms with E-state index in [1.807, 2.05) is 51.1 Å². The maximum atomic E-state index is 12.4. The minimum Gasteiger partial charge on any atom is -0.445 e. The molecule has 0 aromatic heterocycles. The fraction of sp³-hybridized carbons (Fsp3) is 0.556. The van der Waals surface area contributed by atoms with Crippen LogP contribution in [0.2, 0.25) is 0 Å². The van der Waals surface area contributed by atoms with E-state index in [1.165, 1.54) is 0 Å². The van der Waals surface area contributed by atoms with Gasteiger partial charge in [-0.1, -0.05) is 50.6 Å². The summed E-state index contributed by atoms with van der Waals surface area (Å²) < 4.78 is 10.2. The summed E-state index contributed by atoms with van der Waals surface area (Å²) in [5.41, 5.74) is 0.894. The van der Waals surface area contributed by atoms with Gasteiger partial charge >= 0.3 is 6.09 Å². The first-order valence-corrected chi connectivity index (χ1v) is 8.24. The number of carbonyl (C=O) groups is 2. The van der Waals surface area contributed by atoms with Crippen molar-refractivity contribution in [2.24, 2.45) is 5.92 Å². The largest absolute Gasteiger partial charge is 0.445 e. The Bertz CT molecular complexity index is 507. The lowest BCUT2D eigenvalue weighted by atomic mass is 9.98. The van der Waals surface area contributed by atoms with Crippen LogP contribution in [0.4, 0.5) is 4.79 Å². The van der Waals surface area contributed by atoms with Crippen LogP contribution >= 0.6 is 0 Å². The molecule has 0 saturated carbocycles. The van der Waals surface area contributed by atoms with Crippen molar-refractivity contribution in [1.29, 1.82) is 0 Å². The Morgan fingerprint density at radius 2 is 1.79 bits per heavy atom. The molecule has 0 saturated heterocycles. The first-order valence-electron chi connectivity index (χ1n) is 8.24. The zero-order valence-electron chi connectivity index (χ0n) is 14.9. The molecule has 0 unspecified atom stereocenters. The van der Waals surface area contributed by atoms with Crippen molar-refractivity contribution in [3.63, 3.8) is 0 Å². The van der Waals surface area contributed by atoms with Crippen LogP contribution in [-0.4, -0.2) is 37.8 Å². The van der Waals surface area contributed by atoms with Gasteiger partial charge in [0.15, 0.2) is 0 Å². The van der Waals surface area contributed by atoms with Gasteiger partial charge < -0.3 is 20.1 Å². The van der Waals surface area contributed by atoms with Gasteiger partial charge in [-0.15, -0.1) is 0 Å². The summed E-state index contributed by atoms with van der Waals surface area (Å²) >= 11 is 0. The molecule has 2 amide bonds. The van der Waals surface area contributed by atoms with Crippen molar-refractivity contribution in [3.05, 3.63) is 35.9 Å². The van der Waals surface area contributed by atoms with E-state index in [1.54, 1.807) is 7.11 Å². The van der Waals surface area contributed by atoms with Gasteiger partial charge in [-0.3, -0.25) is 4.79 Å². The topological polar surface area (TPSA) is 76.7 Å². The second kappa shape index (κ2) is 10.6. The van der Waals surface area contributed by atoms with Crippen LogP contribution in [0.5, 0.6) is 0 Å². The number of amides is 2. The lowest BCUT2D eigenvalue weighted by molar-refractivity contribution is -0.125. The number of hydrogen-bond donors (Lipinski definition) is 2. The molecule has 0 spiro atoms. The van der Waals surface area contributed by atoms with Crippen LogP contribution in [0.15, 0.2) is 30.3 Å². The normalized spacial score (nSPS) is 14.3. The molecule has 6 heteroatoms. The fourth-order valence-electron chi connectivity index (χ4n) is 2.22. The van der Waals surface area contributed by atoms with Crippen LogP contribution in [-0.2, 0) is 20.9 Å². The van der Waals surface area contributed by atoms with Crippen molar-refractivity contribution in [2.45, 2.75) is 45.9 Å². The van der Waals surface area contributed by atoms with E-state index in [0.29, 0.717) is 6.61 Å². The monoisotopic (exact) mass is 336 g/mol. The second-order valence-corrected chi connectivity index (χ2v) is 5.93. The molecule has 1 aromatic rings. The lowest BCUT2D eigenvalue weighted by Gasteiger charge is -2.25. The van der Waals surface area contributed by atoms with E-state index in [0.717, 1.165) is 12.0 Å². The molecular weight excluding hydrogens is 308 g/mol. The van der Waals surface area contributed by atoms with Crippen LogP contribution in [0.3, 0.4) is 0 Å². The van der Waals surface area contributed by atoms with Gasteiger partial charge in [-0.05, 0) is 18.4 Å². The Labute approximate surface area is 143 Å². The Hall–Kier alpha value is -2.08. The summed E-state index contributed by atoms with van der Waals surface area (Å²) in [5.74, 6) is -0.241. The number of nitrogens with one attached hydrogen (secondary N) is 2. The zero-order chi connectivity index (χ0) is 17.9. The molecule has 0 aliphatic heterocycles. The molecule has 0 aliphatic rings. The van der Waals surface area contributed by atoms with Crippen molar-refractivity contribution >= 4 is 12.0 Å². The minimum absolute atomic E-state index is 0.0102. The zero-order valence-corrected chi connectivity index (χ0v) is 14.9. The summed E-state index contributed by atoms with van der Waals surface area (Å²) in [6.45, 7) is 6.32. The summed E-state index contributed by atoms with van der Waals surface area (Å²) in [4.78, 5) is 24.4. The van der Waals surface area contributed by atoms with Crippen LogP contribution in [0.1, 0.15) is 32.8 Å². The van der Waals surface area contributed by atoms with E-state index in [9.17, 15) is 9.59 Å². The lowest BCUT2D eigenvalue weighted by Crippen LogP contribution is -2.52. The molecule has 1 aromatic carbocycles. The number of ether oxygens (including phenoxy) is 2. The van der Waals surface area contributed by atoms with Crippen molar-refractivity contribution < 1.29 is 19.1 Å². The third kappa shape index (κ3) is 7.00. The Kier molecular flexibility index (Phi) is 8.86. The molecule has 0 bridgehead atoms. The van der Waals surface area contributed by atoms with Crippen molar-refractivity contribution in [1.82, 2.24) is 10.6 Å². The van der Waals surface area contributed by atoms with Gasteiger partial charge in [-0.2, -0.15) is 0 Å². The van der Waals surface area contributed by atoms with Gasteiger partial charge in [0.1, 0.15) is 12.6 Å². The highest BCUT2D eigenvalue weighted by molar-refractivity contribution is 5.86. The minimum atomic E-state index is -0.641. The third-order valence-corrected chi connectivity index (χ3v) is 3.79. The average molecular weight is 336 g/mol. The Balaban J connectivity index is 2.58.